The molecule has 5 nitrogen and oxygen atoms in total. The lowest BCUT2D eigenvalue weighted by Gasteiger charge is -2.48. The SMILES string of the molecule is CC(C(=O)O)N1CC2(CCC1=O)CCN(CC=Cc1ccc(F)cc1)CC2. The Morgan fingerprint density at radius 2 is 1.93 bits per heavy atom. The van der Waals surface area contributed by atoms with E-state index in [4.69, 9.17) is 0 Å². The van der Waals surface area contributed by atoms with Crippen LogP contribution in [0.3, 0.4) is 0 Å². The number of hydrogen-bond acceptors (Lipinski definition) is 3. The standard InChI is InChI=1S/C21H27FN2O3/c1-16(20(26)27)24-15-21(9-8-19(24)25)10-13-23(14-11-21)12-2-3-17-4-6-18(22)7-5-17/h2-7,16H,8-15H2,1H3,(H,26,27). The molecule has 27 heavy (non-hydrogen) atoms. The fraction of sp³-hybridized carbons (Fsp3) is 0.524. The van der Waals surface area contributed by atoms with Crippen molar-refractivity contribution >= 4 is 18.0 Å². The van der Waals surface area contributed by atoms with Crippen molar-refractivity contribution in [3.05, 3.63) is 41.7 Å². The number of rotatable bonds is 5. The number of piperidine rings is 2. The Balaban J connectivity index is 1.52. The first kappa shape index (κ1) is 19.5. The smallest absolute Gasteiger partial charge is 0.326 e. The highest BCUT2D eigenvalue weighted by Gasteiger charge is 2.43. The van der Waals surface area contributed by atoms with Crippen molar-refractivity contribution in [2.75, 3.05) is 26.2 Å². The minimum absolute atomic E-state index is 0.0415. The van der Waals surface area contributed by atoms with Crippen LogP contribution in [0.25, 0.3) is 6.08 Å². The maximum atomic E-state index is 12.9. The van der Waals surface area contributed by atoms with Gasteiger partial charge in [-0.05, 0) is 62.4 Å². The van der Waals surface area contributed by atoms with Crippen LogP contribution in [0.1, 0.15) is 38.2 Å². The summed E-state index contributed by atoms with van der Waals surface area (Å²) in [7, 11) is 0. The van der Waals surface area contributed by atoms with E-state index in [9.17, 15) is 19.1 Å². The third-order valence-electron chi connectivity index (χ3n) is 5.98. The minimum atomic E-state index is -0.941. The van der Waals surface area contributed by atoms with E-state index in [1.165, 1.54) is 12.1 Å². The summed E-state index contributed by atoms with van der Waals surface area (Å²) in [5.74, 6) is -1.21. The zero-order valence-electron chi connectivity index (χ0n) is 15.7. The Hall–Kier alpha value is -2.21. The topological polar surface area (TPSA) is 60.9 Å². The number of nitrogens with zero attached hydrogens (tertiary/aromatic N) is 2. The quantitative estimate of drug-likeness (QED) is 0.861. The summed E-state index contributed by atoms with van der Waals surface area (Å²) in [6.07, 6.45) is 7.35. The van der Waals surface area contributed by atoms with Crippen LogP contribution in [0.2, 0.25) is 0 Å². The van der Waals surface area contributed by atoms with Gasteiger partial charge in [-0.3, -0.25) is 9.69 Å². The van der Waals surface area contributed by atoms with Gasteiger partial charge in [-0.15, -0.1) is 0 Å². The van der Waals surface area contributed by atoms with E-state index >= 15 is 0 Å². The lowest BCUT2D eigenvalue weighted by molar-refractivity contribution is -0.154. The largest absolute Gasteiger partial charge is 0.480 e. The second-order valence-electron chi connectivity index (χ2n) is 7.79. The molecule has 1 atom stereocenters. The summed E-state index contributed by atoms with van der Waals surface area (Å²) in [6, 6.07) is 5.67. The van der Waals surface area contributed by atoms with Crippen LogP contribution < -0.4 is 0 Å². The Bertz CT molecular complexity index is 709. The molecule has 0 saturated carbocycles. The number of benzene rings is 1. The van der Waals surface area contributed by atoms with Gasteiger partial charge in [0, 0.05) is 19.5 Å². The lowest BCUT2D eigenvalue weighted by atomic mass is 9.72. The van der Waals surface area contributed by atoms with Crippen LogP contribution in [-0.4, -0.2) is 59.0 Å². The molecule has 2 saturated heterocycles. The summed E-state index contributed by atoms with van der Waals surface area (Å²) in [6.45, 7) is 4.86. The van der Waals surface area contributed by atoms with Gasteiger partial charge in [0.05, 0.1) is 0 Å². The van der Waals surface area contributed by atoms with Crippen molar-refractivity contribution in [2.45, 2.75) is 38.6 Å². The highest BCUT2D eigenvalue weighted by atomic mass is 19.1. The van der Waals surface area contributed by atoms with Gasteiger partial charge in [0.25, 0.3) is 0 Å². The zero-order chi connectivity index (χ0) is 19.4. The summed E-state index contributed by atoms with van der Waals surface area (Å²) in [5.41, 5.74) is 1.03. The number of carboxylic acid groups (broad SMARTS) is 1. The van der Waals surface area contributed by atoms with Gasteiger partial charge in [-0.1, -0.05) is 24.3 Å². The molecule has 6 heteroatoms. The van der Waals surface area contributed by atoms with Gasteiger partial charge in [-0.25, -0.2) is 9.18 Å². The van der Waals surface area contributed by atoms with E-state index < -0.39 is 12.0 Å². The summed E-state index contributed by atoms with van der Waals surface area (Å²) >= 11 is 0. The van der Waals surface area contributed by atoms with Crippen LogP contribution in [0.4, 0.5) is 4.39 Å². The van der Waals surface area contributed by atoms with Gasteiger partial charge < -0.3 is 10.0 Å². The third kappa shape index (κ3) is 4.75. The molecule has 2 aliphatic rings. The van der Waals surface area contributed by atoms with Crippen LogP contribution >= 0.6 is 0 Å². The second kappa shape index (κ2) is 8.21. The van der Waals surface area contributed by atoms with Crippen LogP contribution in [0, 0.1) is 11.2 Å². The monoisotopic (exact) mass is 374 g/mol. The average molecular weight is 374 g/mol. The molecular weight excluding hydrogens is 347 g/mol. The molecule has 0 aliphatic carbocycles. The van der Waals surface area contributed by atoms with Crippen molar-refractivity contribution < 1.29 is 19.1 Å². The molecule has 1 aromatic rings. The first-order chi connectivity index (χ1) is 12.9. The van der Waals surface area contributed by atoms with Gasteiger partial charge in [-0.2, -0.15) is 0 Å². The molecule has 1 spiro atoms. The van der Waals surface area contributed by atoms with E-state index in [2.05, 4.69) is 11.0 Å². The number of hydrogen-bond donors (Lipinski definition) is 1. The molecule has 1 N–H and O–H groups in total. The first-order valence-corrected chi connectivity index (χ1v) is 9.55. The molecule has 2 fully saturated rings. The molecule has 0 bridgehead atoms. The minimum Gasteiger partial charge on any atom is -0.480 e. The highest BCUT2D eigenvalue weighted by molar-refractivity contribution is 5.84. The number of carbonyl (C=O) groups excluding carboxylic acids is 1. The van der Waals surface area contributed by atoms with Gasteiger partial charge in [0.1, 0.15) is 11.9 Å². The Morgan fingerprint density at radius 3 is 2.56 bits per heavy atom. The Morgan fingerprint density at radius 1 is 1.26 bits per heavy atom. The average Bonchev–Trinajstić information content (AvgIpc) is 2.66. The van der Waals surface area contributed by atoms with E-state index in [1.54, 1.807) is 24.0 Å². The van der Waals surface area contributed by atoms with E-state index in [-0.39, 0.29) is 17.1 Å². The van der Waals surface area contributed by atoms with Crippen molar-refractivity contribution in [3.63, 3.8) is 0 Å². The summed E-state index contributed by atoms with van der Waals surface area (Å²) < 4.78 is 12.9. The number of carboxylic acids is 1. The lowest BCUT2D eigenvalue weighted by Crippen LogP contribution is -2.55. The zero-order valence-corrected chi connectivity index (χ0v) is 15.7. The van der Waals surface area contributed by atoms with Gasteiger partial charge in [0.15, 0.2) is 0 Å². The molecule has 1 amide bonds. The molecule has 3 rings (SSSR count). The first-order valence-electron chi connectivity index (χ1n) is 9.55. The predicted octanol–water partition coefficient (Wildman–Crippen LogP) is 3.02. The van der Waals surface area contributed by atoms with Gasteiger partial charge >= 0.3 is 5.97 Å². The number of halogens is 1. The molecule has 1 unspecified atom stereocenters. The van der Waals surface area contributed by atoms with E-state index in [1.807, 2.05) is 6.08 Å². The molecule has 1 aromatic carbocycles. The molecule has 0 aromatic heterocycles. The van der Waals surface area contributed by atoms with Crippen LogP contribution in [-0.2, 0) is 9.59 Å². The molecular formula is C21H27FN2O3. The summed E-state index contributed by atoms with van der Waals surface area (Å²) in [5, 5.41) is 9.26. The van der Waals surface area contributed by atoms with Crippen LogP contribution in [0.5, 0.6) is 0 Å². The molecule has 2 heterocycles. The predicted molar refractivity (Wildman–Crippen MR) is 102 cm³/mol. The fourth-order valence-corrected chi connectivity index (χ4v) is 4.06. The van der Waals surface area contributed by atoms with Crippen molar-refractivity contribution in [2.24, 2.45) is 5.41 Å². The number of carbonyl (C=O) groups is 2. The molecule has 0 radical (unpaired) electrons. The van der Waals surface area contributed by atoms with Crippen molar-refractivity contribution in [3.8, 4) is 0 Å². The number of likely N-dealkylation sites (tertiary alicyclic amines) is 2. The Labute approximate surface area is 159 Å². The van der Waals surface area contributed by atoms with Crippen LogP contribution in [0.15, 0.2) is 30.3 Å². The van der Waals surface area contributed by atoms with E-state index in [0.29, 0.717) is 13.0 Å². The maximum Gasteiger partial charge on any atom is 0.326 e. The van der Waals surface area contributed by atoms with E-state index in [0.717, 1.165) is 44.5 Å². The molecule has 2 aliphatic heterocycles. The molecule has 146 valence electrons. The summed E-state index contributed by atoms with van der Waals surface area (Å²) in [4.78, 5) is 27.4. The number of amides is 1. The van der Waals surface area contributed by atoms with Gasteiger partial charge in [0.2, 0.25) is 5.91 Å². The normalized spacial score (nSPS) is 21.7. The third-order valence-corrected chi connectivity index (χ3v) is 5.98. The highest BCUT2D eigenvalue weighted by Crippen LogP contribution is 2.40. The second-order valence-corrected chi connectivity index (χ2v) is 7.79. The fourth-order valence-electron chi connectivity index (χ4n) is 4.06. The number of aliphatic carboxylic acids is 1. The maximum absolute atomic E-state index is 12.9. The van der Waals surface area contributed by atoms with Crippen molar-refractivity contribution in [1.82, 2.24) is 9.80 Å². The Kier molecular flexibility index (Phi) is 5.95. The van der Waals surface area contributed by atoms with Crippen molar-refractivity contribution in [1.29, 1.82) is 0 Å².